The van der Waals surface area contributed by atoms with E-state index in [0.29, 0.717) is 24.5 Å². The van der Waals surface area contributed by atoms with Gasteiger partial charge in [-0.05, 0) is 24.1 Å². The Morgan fingerprint density at radius 2 is 1.67 bits per heavy atom. The molecule has 1 N–H and O–H groups in total. The molecule has 6 heteroatoms. The zero-order chi connectivity index (χ0) is 19.6. The molecule has 2 rings (SSSR count). The first-order valence-electron chi connectivity index (χ1n) is 8.91. The van der Waals surface area contributed by atoms with Crippen molar-refractivity contribution in [3.8, 4) is 11.5 Å². The first-order valence-corrected chi connectivity index (χ1v) is 8.91. The number of benzene rings is 2. The first kappa shape index (κ1) is 20.3. The molecule has 1 atom stereocenters. The third-order valence-corrected chi connectivity index (χ3v) is 4.25. The Kier molecular flexibility index (Phi) is 7.67. The highest BCUT2D eigenvalue weighted by Crippen LogP contribution is 2.26. The van der Waals surface area contributed by atoms with Gasteiger partial charge in [0.05, 0.1) is 7.11 Å². The summed E-state index contributed by atoms with van der Waals surface area (Å²) in [6.45, 7) is 2.04. The summed E-state index contributed by atoms with van der Waals surface area (Å²) in [5.41, 5.74) is 0.950. The number of para-hydroxylation sites is 2. The fourth-order valence-electron chi connectivity index (χ4n) is 2.83. The van der Waals surface area contributed by atoms with Crippen molar-refractivity contribution in [2.24, 2.45) is 0 Å². The molecule has 2 aromatic rings. The number of carbonyl (C=O) groups excluding carboxylic acids is 2. The summed E-state index contributed by atoms with van der Waals surface area (Å²) in [4.78, 5) is 26.8. The molecule has 0 aliphatic rings. The van der Waals surface area contributed by atoms with Gasteiger partial charge in [0.1, 0.15) is 6.04 Å². The molecule has 2 aromatic carbocycles. The standard InChI is InChI=1S/C21H26N2O4/c1-4-17(21(25)22-2)23(14-16-10-6-5-7-11-16)20(24)15-27-19-13-9-8-12-18(19)26-3/h5-13,17H,4,14-15H2,1-3H3,(H,22,25)/t17-/m0/s1. The number of methoxy groups -OCH3 is 1. The molecule has 0 spiro atoms. The minimum Gasteiger partial charge on any atom is -0.493 e. The van der Waals surface area contributed by atoms with Crippen LogP contribution in [0.3, 0.4) is 0 Å². The fraction of sp³-hybridized carbons (Fsp3) is 0.333. The van der Waals surface area contributed by atoms with Crippen LogP contribution in [0.15, 0.2) is 54.6 Å². The molecule has 0 aliphatic heterocycles. The third-order valence-electron chi connectivity index (χ3n) is 4.25. The normalized spacial score (nSPS) is 11.4. The van der Waals surface area contributed by atoms with E-state index >= 15 is 0 Å². The van der Waals surface area contributed by atoms with Crippen LogP contribution in [0.25, 0.3) is 0 Å². The monoisotopic (exact) mass is 370 g/mol. The third kappa shape index (κ3) is 5.48. The van der Waals surface area contributed by atoms with E-state index in [9.17, 15) is 9.59 Å². The maximum Gasteiger partial charge on any atom is 0.261 e. The summed E-state index contributed by atoms with van der Waals surface area (Å²) < 4.78 is 10.9. The predicted octanol–water partition coefficient (Wildman–Crippen LogP) is 2.63. The average Bonchev–Trinajstić information content (AvgIpc) is 2.72. The molecular weight excluding hydrogens is 344 g/mol. The molecule has 144 valence electrons. The van der Waals surface area contributed by atoms with E-state index in [2.05, 4.69) is 5.32 Å². The lowest BCUT2D eigenvalue weighted by atomic mass is 10.1. The number of likely N-dealkylation sites (N-methyl/N-ethyl adjacent to an activating group) is 1. The average molecular weight is 370 g/mol. The summed E-state index contributed by atoms with van der Waals surface area (Å²) in [6, 6.07) is 16.2. The zero-order valence-electron chi connectivity index (χ0n) is 16.0. The molecule has 0 saturated carbocycles. The van der Waals surface area contributed by atoms with Crippen molar-refractivity contribution in [1.82, 2.24) is 10.2 Å². The second-order valence-electron chi connectivity index (χ2n) is 5.99. The molecule has 0 saturated heterocycles. The number of nitrogens with zero attached hydrogens (tertiary/aromatic N) is 1. The van der Waals surface area contributed by atoms with Crippen LogP contribution in [-0.2, 0) is 16.1 Å². The minimum atomic E-state index is -0.566. The van der Waals surface area contributed by atoms with Crippen molar-refractivity contribution in [3.63, 3.8) is 0 Å². The van der Waals surface area contributed by atoms with E-state index in [1.807, 2.05) is 49.4 Å². The van der Waals surface area contributed by atoms with Crippen LogP contribution in [0.5, 0.6) is 11.5 Å². The minimum absolute atomic E-state index is 0.180. The molecule has 0 heterocycles. The SMILES string of the molecule is CC[C@@H](C(=O)NC)N(Cc1ccccc1)C(=O)COc1ccccc1OC. The van der Waals surface area contributed by atoms with Crippen LogP contribution in [0.1, 0.15) is 18.9 Å². The van der Waals surface area contributed by atoms with Gasteiger partial charge < -0.3 is 19.7 Å². The Bertz CT molecular complexity index is 749. The Hall–Kier alpha value is -3.02. The molecular formula is C21H26N2O4. The van der Waals surface area contributed by atoms with E-state index in [0.717, 1.165) is 5.56 Å². The van der Waals surface area contributed by atoms with E-state index in [1.165, 1.54) is 0 Å². The van der Waals surface area contributed by atoms with Crippen LogP contribution in [0.4, 0.5) is 0 Å². The lowest BCUT2D eigenvalue weighted by Gasteiger charge is -2.30. The Morgan fingerprint density at radius 1 is 1.04 bits per heavy atom. The quantitative estimate of drug-likeness (QED) is 0.737. The lowest BCUT2D eigenvalue weighted by Crippen LogP contribution is -2.49. The largest absolute Gasteiger partial charge is 0.493 e. The maximum atomic E-state index is 12.9. The van der Waals surface area contributed by atoms with E-state index in [1.54, 1.807) is 31.2 Å². The van der Waals surface area contributed by atoms with E-state index in [-0.39, 0.29) is 18.4 Å². The van der Waals surface area contributed by atoms with E-state index < -0.39 is 6.04 Å². The fourth-order valence-corrected chi connectivity index (χ4v) is 2.83. The number of hydrogen-bond donors (Lipinski definition) is 1. The summed E-state index contributed by atoms with van der Waals surface area (Å²) >= 11 is 0. The number of rotatable bonds is 9. The summed E-state index contributed by atoms with van der Waals surface area (Å²) in [5.74, 6) is 0.582. The van der Waals surface area contributed by atoms with Gasteiger partial charge in [0, 0.05) is 13.6 Å². The second kappa shape index (κ2) is 10.2. The van der Waals surface area contributed by atoms with Crippen molar-refractivity contribution in [2.75, 3.05) is 20.8 Å². The summed E-state index contributed by atoms with van der Waals surface area (Å²) in [5, 5.41) is 2.64. The number of carbonyl (C=O) groups is 2. The molecule has 0 aliphatic carbocycles. The van der Waals surface area contributed by atoms with Crippen LogP contribution in [0.2, 0.25) is 0 Å². The first-order chi connectivity index (χ1) is 13.1. The van der Waals surface area contributed by atoms with Crippen molar-refractivity contribution in [3.05, 3.63) is 60.2 Å². The number of ether oxygens (including phenoxy) is 2. The van der Waals surface area contributed by atoms with Gasteiger partial charge in [-0.15, -0.1) is 0 Å². The van der Waals surface area contributed by atoms with Crippen LogP contribution in [0, 0.1) is 0 Å². The van der Waals surface area contributed by atoms with Gasteiger partial charge in [-0.1, -0.05) is 49.4 Å². The van der Waals surface area contributed by atoms with Crippen molar-refractivity contribution < 1.29 is 19.1 Å². The van der Waals surface area contributed by atoms with Crippen molar-refractivity contribution in [1.29, 1.82) is 0 Å². The molecule has 2 amide bonds. The molecule has 0 aromatic heterocycles. The van der Waals surface area contributed by atoms with Crippen LogP contribution in [-0.4, -0.2) is 43.5 Å². The van der Waals surface area contributed by atoms with Gasteiger partial charge in [0.25, 0.3) is 5.91 Å². The molecule has 6 nitrogen and oxygen atoms in total. The van der Waals surface area contributed by atoms with Gasteiger partial charge >= 0.3 is 0 Å². The van der Waals surface area contributed by atoms with Gasteiger partial charge in [0.15, 0.2) is 18.1 Å². The maximum absolute atomic E-state index is 12.9. The predicted molar refractivity (Wildman–Crippen MR) is 104 cm³/mol. The second-order valence-corrected chi connectivity index (χ2v) is 5.99. The molecule has 0 fully saturated rings. The lowest BCUT2D eigenvalue weighted by molar-refractivity contribution is -0.142. The Morgan fingerprint density at radius 3 is 2.26 bits per heavy atom. The van der Waals surface area contributed by atoms with Crippen molar-refractivity contribution >= 4 is 11.8 Å². The number of hydrogen-bond acceptors (Lipinski definition) is 4. The molecule has 27 heavy (non-hydrogen) atoms. The topological polar surface area (TPSA) is 67.9 Å². The smallest absolute Gasteiger partial charge is 0.261 e. The summed E-state index contributed by atoms with van der Waals surface area (Å²) in [6.07, 6.45) is 0.507. The Balaban J connectivity index is 2.18. The van der Waals surface area contributed by atoms with Crippen molar-refractivity contribution in [2.45, 2.75) is 25.9 Å². The van der Waals surface area contributed by atoms with Gasteiger partial charge in [-0.3, -0.25) is 9.59 Å². The Labute approximate surface area is 160 Å². The molecule has 0 bridgehead atoms. The zero-order valence-corrected chi connectivity index (χ0v) is 16.0. The number of amides is 2. The van der Waals surface area contributed by atoms with Gasteiger partial charge in [0.2, 0.25) is 5.91 Å². The van der Waals surface area contributed by atoms with E-state index in [4.69, 9.17) is 9.47 Å². The highest BCUT2D eigenvalue weighted by Gasteiger charge is 2.28. The molecule has 0 unspecified atom stereocenters. The summed E-state index contributed by atoms with van der Waals surface area (Å²) in [7, 11) is 3.12. The van der Waals surface area contributed by atoms with Crippen LogP contribution < -0.4 is 14.8 Å². The number of nitrogens with one attached hydrogen (secondary N) is 1. The van der Waals surface area contributed by atoms with Crippen LogP contribution >= 0.6 is 0 Å². The molecule has 0 radical (unpaired) electrons. The highest BCUT2D eigenvalue weighted by molar-refractivity contribution is 5.88. The van der Waals surface area contributed by atoms with Gasteiger partial charge in [-0.25, -0.2) is 0 Å². The highest BCUT2D eigenvalue weighted by atomic mass is 16.5. The van der Waals surface area contributed by atoms with Gasteiger partial charge in [-0.2, -0.15) is 0 Å².